The van der Waals surface area contributed by atoms with E-state index in [-0.39, 0.29) is 17.8 Å². The third-order valence-electron chi connectivity index (χ3n) is 3.38. The third-order valence-corrected chi connectivity index (χ3v) is 5.13. The summed E-state index contributed by atoms with van der Waals surface area (Å²) in [4.78, 5) is 0. The maximum absolute atomic E-state index is 14.0. The lowest BCUT2D eigenvalue weighted by Gasteiger charge is -2.23. The van der Waals surface area contributed by atoms with Crippen molar-refractivity contribution in [2.45, 2.75) is 31.2 Å². The van der Waals surface area contributed by atoms with Gasteiger partial charge in [-0.05, 0) is 40.9 Å². The van der Waals surface area contributed by atoms with Crippen LogP contribution < -0.4 is 0 Å². The molecule has 0 radical (unpaired) electrons. The van der Waals surface area contributed by atoms with Crippen LogP contribution in [-0.2, 0) is 4.74 Å². The zero-order chi connectivity index (χ0) is 13.3. The summed E-state index contributed by atoms with van der Waals surface area (Å²) in [5.74, 6) is -0.184. The van der Waals surface area contributed by atoms with Crippen LogP contribution in [0.1, 0.15) is 30.7 Å². The van der Waals surface area contributed by atoms with Crippen molar-refractivity contribution in [1.82, 2.24) is 0 Å². The molecule has 3 unspecified atom stereocenters. The van der Waals surface area contributed by atoms with E-state index in [4.69, 9.17) is 27.9 Å². The molecule has 0 spiro atoms. The molecule has 1 fully saturated rings. The molecular weight excluding hydrogens is 342 g/mol. The van der Waals surface area contributed by atoms with E-state index in [1.54, 1.807) is 6.07 Å². The summed E-state index contributed by atoms with van der Waals surface area (Å²) in [5.41, 5.74) is 0.457. The maximum Gasteiger partial charge on any atom is 0.129 e. The first-order valence-corrected chi connectivity index (χ1v) is 7.55. The van der Waals surface area contributed by atoms with Gasteiger partial charge in [-0.1, -0.05) is 18.5 Å². The normalized spacial score (nSPS) is 25.4. The van der Waals surface area contributed by atoms with E-state index in [0.717, 1.165) is 12.8 Å². The molecule has 0 aromatic heterocycles. The van der Waals surface area contributed by atoms with Crippen molar-refractivity contribution < 1.29 is 9.13 Å². The number of rotatable bonds is 3. The number of hydrogen-bond acceptors (Lipinski definition) is 1. The molecule has 0 amide bonds. The van der Waals surface area contributed by atoms with Gasteiger partial charge in [-0.2, -0.15) is 0 Å². The molecule has 0 N–H and O–H groups in total. The first-order chi connectivity index (χ1) is 8.54. The van der Waals surface area contributed by atoms with Gasteiger partial charge in [0, 0.05) is 22.6 Å². The quantitative estimate of drug-likeness (QED) is 0.525. The van der Waals surface area contributed by atoms with Gasteiger partial charge >= 0.3 is 0 Å². The summed E-state index contributed by atoms with van der Waals surface area (Å²) in [7, 11) is 0. The van der Waals surface area contributed by atoms with E-state index in [1.807, 2.05) is 0 Å². The molecule has 2 rings (SSSR count). The van der Waals surface area contributed by atoms with Crippen molar-refractivity contribution in [3.63, 3.8) is 0 Å². The van der Waals surface area contributed by atoms with Crippen LogP contribution in [0.5, 0.6) is 0 Å². The molecule has 1 aromatic carbocycles. The highest BCUT2D eigenvalue weighted by atomic mass is 79.9. The number of ether oxygens (including phenoxy) is 1. The Hall–Kier alpha value is 0.170. The fourth-order valence-electron chi connectivity index (χ4n) is 2.40. The van der Waals surface area contributed by atoms with E-state index >= 15 is 0 Å². The van der Waals surface area contributed by atoms with Crippen molar-refractivity contribution in [3.05, 3.63) is 33.0 Å². The molecule has 1 aromatic rings. The van der Waals surface area contributed by atoms with Gasteiger partial charge in [0.05, 0.1) is 16.5 Å². The van der Waals surface area contributed by atoms with Crippen LogP contribution >= 0.6 is 39.1 Å². The van der Waals surface area contributed by atoms with Crippen LogP contribution in [0.3, 0.4) is 0 Å². The molecule has 1 heterocycles. The molecule has 100 valence electrons. The van der Waals surface area contributed by atoms with Crippen LogP contribution in [0, 0.1) is 11.7 Å². The highest BCUT2D eigenvalue weighted by molar-refractivity contribution is 9.10. The molecule has 0 bridgehead atoms. The minimum Gasteiger partial charge on any atom is -0.378 e. The first kappa shape index (κ1) is 14.6. The average Bonchev–Trinajstić information content (AvgIpc) is 2.81. The molecular formula is C13H14BrCl2FO. The van der Waals surface area contributed by atoms with Crippen molar-refractivity contribution in [2.24, 2.45) is 5.92 Å². The fraction of sp³-hybridized carbons (Fsp3) is 0.538. The molecule has 1 saturated heterocycles. The van der Waals surface area contributed by atoms with E-state index in [2.05, 4.69) is 22.9 Å². The monoisotopic (exact) mass is 354 g/mol. The van der Waals surface area contributed by atoms with Crippen molar-refractivity contribution >= 4 is 39.1 Å². The Kier molecular flexibility index (Phi) is 4.92. The van der Waals surface area contributed by atoms with Crippen molar-refractivity contribution in [1.29, 1.82) is 0 Å². The summed E-state index contributed by atoms with van der Waals surface area (Å²) < 4.78 is 20.1. The minimum atomic E-state index is -0.400. The summed E-state index contributed by atoms with van der Waals surface area (Å²) >= 11 is 15.6. The molecule has 5 heteroatoms. The Labute approximate surface area is 125 Å². The summed E-state index contributed by atoms with van der Waals surface area (Å²) in [5, 5.41) is 0.0760. The van der Waals surface area contributed by atoms with Crippen molar-refractivity contribution in [3.8, 4) is 0 Å². The molecule has 3 atom stereocenters. The largest absolute Gasteiger partial charge is 0.378 e. The lowest BCUT2D eigenvalue weighted by Crippen LogP contribution is -2.19. The van der Waals surface area contributed by atoms with Gasteiger partial charge in [-0.3, -0.25) is 0 Å². The predicted molar refractivity (Wildman–Crippen MR) is 75.8 cm³/mol. The Balaban J connectivity index is 2.28. The number of halogens is 4. The second kappa shape index (κ2) is 6.08. The minimum absolute atomic E-state index is 0.106. The Morgan fingerprint density at radius 2 is 2.28 bits per heavy atom. The molecule has 18 heavy (non-hydrogen) atoms. The van der Waals surface area contributed by atoms with Crippen LogP contribution in [0.25, 0.3) is 0 Å². The fourth-order valence-corrected chi connectivity index (χ4v) is 3.34. The molecule has 1 aliphatic rings. The lowest BCUT2D eigenvalue weighted by atomic mass is 9.91. The van der Waals surface area contributed by atoms with Gasteiger partial charge in [-0.15, -0.1) is 11.6 Å². The smallest absolute Gasteiger partial charge is 0.129 e. The molecule has 1 nitrogen and oxygen atoms in total. The highest BCUT2D eigenvalue weighted by Gasteiger charge is 2.34. The Morgan fingerprint density at radius 1 is 1.56 bits per heavy atom. The summed E-state index contributed by atoms with van der Waals surface area (Å²) in [6.45, 7) is 2.75. The second-order valence-corrected chi connectivity index (χ2v) is 6.19. The van der Waals surface area contributed by atoms with Gasteiger partial charge < -0.3 is 4.74 Å². The first-order valence-electron chi connectivity index (χ1n) is 5.94. The SMILES string of the molecule is CCC1OCCC1C(Cl)c1cc(Cl)c(Br)cc1F. The summed E-state index contributed by atoms with van der Waals surface area (Å²) in [6.07, 6.45) is 1.86. The average molecular weight is 356 g/mol. The lowest BCUT2D eigenvalue weighted by molar-refractivity contribution is 0.0862. The zero-order valence-electron chi connectivity index (χ0n) is 9.93. The van der Waals surface area contributed by atoms with Crippen LogP contribution in [0.2, 0.25) is 5.02 Å². The van der Waals surface area contributed by atoms with Gasteiger partial charge in [0.1, 0.15) is 5.82 Å². The summed E-state index contributed by atoms with van der Waals surface area (Å²) in [6, 6.07) is 2.97. The number of hydrogen-bond donors (Lipinski definition) is 0. The molecule has 1 aliphatic heterocycles. The topological polar surface area (TPSA) is 9.23 Å². The highest BCUT2D eigenvalue weighted by Crippen LogP contribution is 2.41. The zero-order valence-corrected chi connectivity index (χ0v) is 13.0. The van der Waals surface area contributed by atoms with Crippen LogP contribution in [0.4, 0.5) is 4.39 Å². The maximum atomic E-state index is 14.0. The third kappa shape index (κ3) is 2.84. The number of alkyl halides is 1. The van der Waals surface area contributed by atoms with E-state index < -0.39 is 5.38 Å². The standard InChI is InChI=1S/C13H14BrCl2FO/c1-2-12-7(3-4-18-12)13(16)8-5-10(15)9(14)6-11(8)17/h5-7,12-13H,2-4H2,1H3. The van der Waals surface area contributed by atoms with Crippen LogP contribution in [0.15, 0.2) is 16.6 Å². The van der Waals surface area contributed by atoms with E-state index in [9.17, 15) is 4.39 Å². The Bertz CT molecular complexity index is 441. The van der Waals surface area contributed by atoms with E-state index in [1.165, 1.54) is 6.07 Å². The van der Waals surface area contributed by atoms with Gasteiger partial charge in [0.15, 0.2) is 0 Å². The second-order valence-electron chi connectivity index (χ2n) is 4.46. The van der Waals surface area contributed by atoms with Gasteiger partial charge in [-0.25, -0.2) is 4.39 Å². The predicted octanol–water partition coefficient (Wildman–Crippen LogP) is 5.34. The van der Waals surface area contributed by atoms with Gasteiger partial charge in [0.2, 0.25) is 0 Å². The molecule has 0 aliphatic carbocycles. The van der Waals surface area contributed by atoms with Crippen LogP contribution in [-0.4, -0.2) is 12.7 Å². The number of benzene rings is 1. The van der Waals surface area contributed by atoms with Crippen molar-refractivity contribution in [2.75, 3.05) is 6.61 Å². The van der Waals surface area contributed by atoms with Gasteiger partial charge in [0.25, 0.3) is 0 Å². The van der Waals surface area contributed by atoms with E-state index in [0.29, 0.717) is 21.7 Å². The molecule has 0 saturated carbocycles. The Morgan fingerprint density at radius 3 is 2.94 bits per heavy atom.